The van der Waals surface area contributed by atoms with Crippen LogP contribution < -0.4 is 0 Å². The Kier molecular flexibility index (Phi) is 3.75. The zero-order valence-electron chi connectivity index (χ0n) is 13.8. The molecule has 22 heavy (non-hydrogen) atoms. The number of hydrogen-bond acceptors (Lipinski definition) is 2. The van der Waals surface area contributed by atoms with Gasteiger partial charge in [0.1, 0.15) is 11.4 Å². The van der Waals surface area contributed by atoms with Gasteiger partial charge in [-0.15, -0.1) is 0 Å². The van der Waals surface area contributed by atoms with E-state index in [0.29, 0.717) is 12.0 Å². The van der Waals surface area contributed by atoms with Gasteiger partial charge in [-0.25, -0.2) is 4.39 Å². The summed E-state index contributed by atoms with van der Waals surface area (Å²) in [4.78, 5) is 2.30. The SMILES string of the molecule is CN1CCC(C)(C2(O)c3c(Br)ccc(F)c3CC2(C)C)CC1. The van der Waals surface area contributed by atoms with Crippen LogP contribution in [-0.4, -0.2) is 30.1 Å². The third-order valence-corrected chi connectivity index (χ3v) is 6.79. The number of benzene rings is 1. The Bertz CT molecular complexity index is 607. The average Bonchev–Trinajstić information content (AvgIpc) is 2.68. The van der Waals surface area contributed by atoms with E-state index in [-0.39, 0.29) is 16.6 Å². The molecule has 0 radical (unpaired) electrons. The summed E-state index contributed by atoms with van der Waals surface area (Å²) in [6, 6.07) is 3.24. The summed E-state index contributed by atoms with van der Waals surface area (Å²) in [6.45, 7) is 8.26. The Morgan fingerprint density at radius 1 is 1.18 bits per heavy atom. The zero-order valence-corrected chi connectivity index (χ0v) is 15.4. The van der Waals surface area contributed by atoms with Gasteiger partial charge in [0.2, 0.25) is 0 Å². The first kappa shape index (κ1) is 16.4. The Hall–Kier alpha value is -0.450. The third kappa shape index (κ3) is 2.03. The molecule has 1 aromatic rings. The first-order valence-electron chi connectivity index (χ1n) is 8.01. The molecule has 4 heteroatoms. The molecular formula is C18H25BrFNO. The highest BCUT2D eigenvalue weighted by Gasteiger charge is 2.62. The molecule has 1 unspecified atom stereocenters. The van der Waals surface area contributed by atoms with Crippen molar-refractivity contribution in [3.05, 3.63) is 33.5 Å². The van der Waals surface area contributed by atoms with Crippen molar-refractivity contribution in [2.75, 3.05) is 20.1 Å². The molecule has 2 aliphatic rings. The monoisotopic (exact) mass is 369 g/mol. The lowest BCUT2D eigenvalue weighted by Gasteiger charge is -2.54. The highest BCUT2D eigenvalue weighted by atomic mass is 79.9. The Morgan fingerprint density at radius 2 is 1.77 bits per heavy atom. The fraction of sp³-hybridized carbons (Fsp3) is 0.667. The van der Waals surface area contributed by atoms with Crippen molar-refractivity contribution in [3.63, 3.8) is 0 Å². The topological polar surface area (TPSA) is 23.5 Å². The number of rotatable bonds is 1. The molecule has 1 atom stereocenters. The van der Waals surface area contributed by atoms with Crippen LogP contribution in [0.5, 0.6) is 0 Å². The molecule has 0 saturated carbocycles. The number of halogens is 2. The molecular weight excluding hydrogens is 345 g/mol. The maximum Gasteiger partial charge on any atom is 0.126 e. The summed E-state index contributed by atoms with van der Waals surface area (Å²) in [5.41, 5.74) is -0.182. The smallest absolute Gasteiger partial charge is 0.126 e. The molecule has 1 saturated heterocycles. The van der Waals surface area contributed by atoms with Crippen molar-refractivity contribution in [3.8, 4) is 0 Å². The van der Waals surface area contributed by atoms with Gasteiger partial charge in [0.05, 0.1) is 0 Å². The number of likely N-dealkylation sites (tertiary alicyclic amines) is 1. The molecule has 1 N–H and O–H groups in total. The summed E-state index contributed by atoms with van der Waals surface area (Å²) in [7, 11) is 2.12. The van der Waals surface area contributed by atoms with E-state index in [9.17, 15) is 9.50 Å². The van der Waals surface area contributed by atoms with Crippen LogP contribution in [0, 0.1) is 16.6 Å². The van der Waals surface area contributed by atoms with Gasteiger partial charge in [0, 0.05) is 20.9 Å². The van der Waals surface area contributed by atoms with Crippen LogP contribution in [0.25, 0.3) is 0 Å². The molecule has 0 aromatic heterocycles. The van der Waals surface area contributed by atoms with Gasteiger partial charge in [-0.2, -0.15) is 0 Å². The summed E-state index contributed by atoms with van der Waals surface area (Å²) >= 11 is 3.57. The third-order valence-electron chi connectivity index (χ3n) is 6.13. The fourth-order valence-corrected chi connectivity index (χ4v) is 5.32. The van der Waals surface area contributed by atoms with Gasteiger partial charge in [-0.1, -0.05) is 36.7 Å². The molecule has 0 spiro atoms. The number of piperidine rings is 1. The van der Waals surface area contributed by atoms with E-state index in [4.69, 9.17) is 0 Å². The minimum Gasteiger partial charge on any atom is -0.384 e. The van der Waals surface area contributed by atoms with Crippen LogP contribution in [0.15, 0.2) is 16.6 Å². The molecule has 1 aliphatic carbocycles. The van der Waals surface area contributed by atoms with E-state index < -0.39 is 5.60 Å². The molecule has 3 rings (SSSR count). The van der Waals surface area contributed by atoms with Crippen LogP contribution in [0.4, 0.5) is 4.39 Å². The first-order chi connectivity index (χ1) is 10.1. The summed E-state index contributed by atoms with van der Waals surface area (Å²) in [5.74, 6) is -0.196. The van der Waals surface area contributed by atoms with Gasteiger partial charge in [-0.3, -0.25) is 0 Å². The van der Waals surface area contributed by atoms with Gasteiger partial charge < -0.3 is 10.0 Å². The Balaban J connectivity index is 2.19. The van der Waals surface area contributed by atoms with Crippen LogP contribution in [0.3, 0.4) is 0 Å². The molecule has 1 heterocycles. The van der Waals surface area contributed by atoms with E-state index in [1.165, 1.54) is 6.07 Å². The molecule has 1 aliphatic heterocycles. The second-order valence-corrected chi connectivity index (χ2v) is 8.87. The highest BCUT2D eigenvalue weighted by molar-refractivity contribution is 9.10. The van der Waals surface area contributed by atoms with Gasteiger partial charge >= 0.3 is 0 Å². The van der Waals surface area contributed by atoms with E-state index in [1.54, 1.807) is 6.07 Å². The molecule has 2 nitrogen and oxygen atoms in total. The van der Waals surface area contributed by atoms with E-state index in [2.05, 4.69) is 48.6 Å². The average molecular weight is 370 g/mol. The minimum absolute atomic E-state index is 0.196. The van der Waals surface area contributed by atoms with E-state index in [1.807, 2.05) is 0 Å². The second kappa shape index (κ2) is 5.02. The summed E-state index contributed by atoms with van der Waals surface area (Å²) in [5, 5.41) is 11.9. The maximum atomic E-state index is 14.4. The van der Waals surface area contributed by atoms with Crippen molar-refractivity contribution >= 4 is 15.9 Å². The van der Waals surface area contributed by atoms with E-state index >= 15 is 0 Å². The van der Waals surface area contributed by atoms with Crippen molar-refractivity contribution < 1.29 is 9.50 Å². The van der Waals surface area contributed by atoms with Crippen molar-refractivity contribution in [1.82, 2.24) is 4.90 Å². The quantitative estimate of drug-likeness (QED) is 0.805. The Morgan fingerprint density at radius 3 is 2.36 bits per heavy atom. The van der Waals surface area contributed by atoms with Crippen LogP contribution in [0.1, 0.15) is 44.7 Å². The number of hydrogen-bond donors (Lipinski definition) is 1. The standard InChI is InChI=1S/C18H25BrFNO/c1-16(2)11-12-14(20)6-5-13(19)15(12)18(16,22)17(3)7-9-21(4)10-8-17/h5-6,22H,7-11H2,1-4H3. The lowest BCUT2D eigenvalue weighted by atomic mass is 9.57. The van der Waals surface area contributed by atoms with Gasteiger partial charge in [-0.05, 0) is 57.1 Å². The number of fused-ring (bicyclic) bond motifs is 1. The lowest BCUT2D eigenvalue weighted by Crippen LogP contribution is -2.55. The molecule has 0 bridgehead atoms. The van der Waals surface area contributed by atoms with Crippen LogP contribution in [0.2, 0.25) is 0 Å². The van der Waals surface area contributed by atoms with Crippen molar-refractivity contribution in [2.24, 2.45) is 10.8 Å². The van der Waals surface area contributed by atoms with Crippen molar-refractivity contribution in [1.29, 1.82) is 0 Å². The summed E-state index contributed by atoms with van der Waals surface area (Å²) < 4.78 is 15.2. The molecule has 122 valence electrons. The molecule has 0 amide bonds. The van der Waals surface area contributed by atoms with E-state index in [0.717, 1.165) is 36.0 Å². The minimum atomic E-state index is -1.02. The van der Waals surface area contributed by atoms with Crippen LogP contribution >= 0.6 is 15.9 Å². The Labute approximate surface area is 140 Å². The predicted molar refractivity (Wildman–Crippen MR) is 90.3 cm³/mol. The second-order valence-electron chi connectivity index (χ2n) is 8.02. The fourth-order valence-electron chi connectivity index (χ4n) is 4.66. The lowest BCUT2D eigenvalue weighted by molar-refractivity contribution is -0.172. The largest absolute Gasteiger partial charge is 0.384 e. The molecule has 1 aromatic carbocycles. The molecule has 1 fully saturated rings. The maximum absolute atomic E-state index is 14.4. The van der Waals surface area contributed by atoms with Crippen LogP contribution in [-0.2, 0) is 12.0 Å². The number of nitrogens with zero attached hydrogens (tertiary/aromatic N) is 1. The summed E-state index contributed by atoms with van der Waals surface area (Å²) in [6.07, 6.45) is 2.42. The normalized spacial score (nSPS) is 30.3. The first-order valence-corrected chi connectivity index (χ1v) is 8.80. The zero-order chi connectivity index (χ0) is 16.3. The van der Waals surface area contributed by atoms with Gasteiger partial charge in [0.25, 0.3) is 0 Å². The highest BCUT2D eigenvalue weighted by Crippen LogP contribution is 2.63. The van der Waals surface area contributed by atoms with Crippen molar-refractivity contribution in [2.45, 2.75) is 45.6 Å². The number of aliphatic hydroxyl groups is 1. The predicted octanol–water partition coefficient (Wildman–Crippen LogP) is 4.09. The van der Waals surface area contributed by atoms with Gasteiger partial charge in [0.15, 0.2) is 0 Å².